The van der Waals surface area contributed by atoms with Crippen molar-refractivity contribution in [2.24, 2.45) is 13.0 Å². The molecule has 1 unspecified atom stereocenters. The number of unbranched alkanes of at least 4 members (excludes halogenated alkanes) is 2. The first-order chi connectivity index (χ1) is 29.6. The number of piperidine rings is 2. The Balaban J connectivity index is 0.738. The first kappa shape index (κ1) is 42.0. The second kappa shape index (κ2) is 18.9. The topological polar surface area (TPSA) is 183 Å². The van der Waals surface area contributed by atoms with Crippen molar-refractivity contribution in [3.05, 3.63) is 76.4 Å². The molecule has 1 aliphatic carbocycles. The highest BCUT2D eigenvalue weighted by Crippen LogP contribution is 2.32. The Kier molecular flexibility index (Phi) is 13.0. The fourth-order valence-electron chi connectivity index (χ4n) is 8.32. The number of halogens is 2. The maximum Gasteiger partial charge on any atom is 0.329 e. The maximum atomic E-state index is 14.1. The Morgan fingerprint density at radius 3 is 2.64 bits per heavy atom. The van der Waals surface area contributed by atoms with Crippen LogP contribution in [0.1, 0.15) is 104 Å². The van der Waals surface area contributed by atoms with E-state index in [0.29, 0.717) is 48.9 Å². The Morgan fingerprint density at radius 1 is 1.03 bits per heavy atom. The number of ether oxygens (including phenoxy) is 1. The third kappa shape index (κ3) is 9.91. The molecule has 2 aliphatic heterocycles. The van der Waals surface area contributed by atoms with Crippen LogP contribution in [0.3, 0.4) is 0 Å². The Bertz CT molecular complexity index is 2410. The lowest BCUT2D eigenvalue weighted by atomic mass is 10.0. The Morgan fingerprint density at radius 2 is 1.85 bits per heavy atom. The number of rotatable bonds is 19. The average molecular weight is 843 g/mol. The highest BCUT2D eigenvalue weighted by molar-refractivity contribution is 6.03. The van der Waals surface area contributed by atoms with Crippen molar-refractivity contribution < 1.29 is 32.3 Å². The van der Waals surface area contributed by atoms with Crippen molar-refractivity contribution >= 4 is 40.3 Å². The molecule has 61 heavy (non-hydrogen) atoms. The number of imide groups is 1. The third-order valence-electron chi connectivity index (χ3n) is 11.9. The van der Waals surface area contributed by atoms with Gasteiger partial charge in [0.1, 0.15) is 18.1 Å². The van der Waals surface area contributed by atoms with E-state index in [1.807, 2.05) is 18.2 Å². The molecule has 3 amide bonds. The normalized spacial score (nSPS) is 17.7. The SMILES string of the molecule is Cn1c(=O)n(C2CCC(=O)NC2=O)c2cccc(CCCOCCCCCN3CCC(n4cc(NC(=O)c5coc(-c6ccnc(NCC7CC7)c6)n5)c(C(F)F)n4)CC3)c21. The zero-order valence-electron chi connectivity index (χ0n) is 34.3. The van der Waals surface area contributed by atoms with E-state index >= 15 is 0 Å². The molecule has 1 atom stereocenters. The number of amides is 3. The van der Waals surface area contributed by atoms with Crippen molar-refractivity contribution in [3.8, 4) is 11.5 Å². The minimum absolute atomic E-state index is 0.0337. The number of carbonyl (C=O) groups is 3. The van der Waals surface area contributed by atoms with Crippen LogP contribution in [0.2, 0.25) is 0 Å². The summed E-state index contributed by atoms with van der Waals surface area (Å²) in [4.78, 5) is 61.6. The highest BCUT2D eigenvalue weighted by Gasteiger charge is 2.32. The molecule has 8 rings (SSSR count). The molecule has 4 aromatic heterocycles. The lowest BCUT2D eigenvalue weighted by Crippen LogP contribution is -2.44. The van der Waals surface area contributed by atoms with Crippen molar-refractivity contribution in [2.75, 3.05) is 50.0 Å². The van der Waals surface area contributed by atoms with E-state index in [1.165, 1.54) is 29.9 Å². The van der Waals surface area contributed by atoms with Crippen LogP contribution in [0, 0.1) is 5.92 Å². The molecule has 0 bridgehead atoms. The van der Waals surface area contributed by atoms with Gasteiger partial charge in [-0.25, -0.2) is 23.5 Å². The maximum absolute atomic E-state index is 14.1. The number of nitrogens with zero attached hydrogens (tertiary/aromatic N) is 7. The number of aryl methyl sites for hydroxylation is 2. The molecule has 16 nitrogen and oxygen atoms in total. The predicted octanol–water partition coefficient (Wildman–Crippen LogP) is 6.03. The number of hydrogen-bond donors (Lipinski definition) is 3. The monoisotopic (exact) mass is 842 g/mol. The van der Waals surface area contributed by atoms with Gasteiger partial charge in [0, 0.05) is 64.3 Å². The van der Waals surface area contributed by atoms with Gasteiger partial charge >= 0.3 is 5.69 Å². The summed E-state index contributed by atoms with van der Waals surface area (Å²) < 4.78 is 44.4. The summed E-state index contributed by atoms with van der Waals surface area (Å²) in [6.45, 7) is 4.66. The van der Waals surface area contributed by atoms with E-state index in [2.05, 4.69) is 35.9 Å². The van der Waals surface area contributed by atoms with Crippen molar-refractivity contribution in [3.63, 3.8) is 0 Å². The van der Waals surface area contributed by atoms with Gasteiger partial charge in [-0.1, -0.05) is 12.1 Å². The lowest BCUT2D eigenvalue weighted by Gasteiger charge is -2.32. The van der Waals surface area contributed by atoms with Crippen LogP contribution < -0.4 is 21.6 Å². The quantitative estimate of drug-likeness (QED) is 0.0652. The van der Waals surface area contributed by atoms with Gasteiger partial charge in [-0.3, -0.25) is 33.5 Å². The molecular weight excluding hydrogens is 791 g/mol. The zero-order chi connectivity index (χ0) is 42.5. The largest absolute Gasteiger partial charge is 0.444 e. The summed E-state index contributed by atoms with van der Waals surface area (Å²) in [5, 5.41) is 12.4. The summed E-state index contributed by atoms with van der Waals surface area (Å²) >= 11 is 0. The number of imidazole rings is 1. The average Bonchev–Trinajstić information content (AvgIpc) is 3.66. The fourth-order valence-corrected chi connectivity index (χ4v) is 8.32. The van der Waals surface area contributed by atoms with Crippen LogP contribution in [0.5, 0.6) is 0 Å². The van der Waals surface area contributed by atoms with Gasteiger partial charge in [-0.2, -0.15) is 5.10 Å². The number of likely N-dealkylation sites (tertiary alicyclic amines) is 1. The molecule has 1 saturated carbocycles. The molecule has 5 aromatic rings. The lowest BCUT2D eigenvalue weighted by molar-refractivity contribution is -0.135. The molecule has 0 spiro atoms. The van der Waals surface area contributed by atoms with Gasteiger partial charge in [-0.05, 0) is 100 Å². The number of benzene rings is 1. The van der Waals surface area contributed by atoms with Crippen molar-refractivity contribution in [2.45, 2.75) is 89.1 Å². The van der Waals surface area contributed by atoms with Gasteiger partial charge in [0.25, 0.3) is 12.3 Å². The van der Waals surface area contributed by atoms with E-state index in [0.717, 1.165) is 75.8 Å². The van der Waals surface area contributed by atoms with Crippen molar-refractivity contribution in [1.82, 2.24) is 39.1 Å². The molecule has 1 aromatic carbocycles. The van der Waals surface area contributed by atoms with Gasteiger partial charge in [-0.15, -0.1) is 0 Å². The summed E-state index contributed by atoms with van der Waals surface area (Å²) in [5.41, 5.74) is 2.30. The molecule has 0 radical (unpaired) electrons. The second-order valence-corrected chi connectivity index (χ2v) is 16.3. The summed E-state index contributed by atoms with van der Waals surface area (Å²) in [6, 6.07) is 8.48. The molecule has 2 saturated heterocycles. The predicted molar refractivity (Wildman–Crippen MR) is 222 cm³/mol. The van der Waals surface area contributed by atoms with Gasteiger partial charge in [0.2, 0.25) is 17.7 Å². The van der Waals surface area contributed by atoms with Crippen LogP contribution in [0.25, 0.3) is 22.5 Å². The summed E-state index contributed by atoms with van der Waals surface area (Å²) in [5.74, 6) is 0.155. The number of fused-ring (bicyclic) bond motifs is 1. The van der Waals surface area contributed by atoms with E-state index < -0.39 is 30.0 Å². The number of pyridine rings is 1. The van der Waals surface area contributed by atoms with Crippen LogP contribution >= 0.6 is 0 Å². The minimum atomic E-state index is -2.87. The number of alkyl halides is 2. The van der Waals surface area contributed by atoms with Crippen LogP contribution in [0.15, 0.2) is 58.2 Å². The molecule has 6 heterocycles. The van der Waals surface area contributed by atoms with E-state index in [9.17, 15) is 28.0 Å². The Hall–Kier alpha value is -5.75. The Labute approximate surface area is 351 Å². The molecule has 18 heteroatoms. The number of anilines is 2. The third-order valence-corrected chi connectivity index (χ3v) is 11.9. The smallest absolute Gasteiger partial charge is 0.329 e. The summed E-state index contributed by atoms with van der Waals surface area (Å²) in [7, 11) is 1.71. The number of aromatic nitrogens is 6. The zero-order valence-corrected chi connectivity index (χ0v) is 34.3. The minimum Gasteiger partial charge on any atom is -0.444 e. The molecule has 3 N–H and O–H groups in total. The number of carbonyl (C=O) groups excluding carboxylic acids is 3. The fraction of sp³-hybridized carbons (Fsp3) is 0.512. The first-order valence-corrected chi connectivity index (χ1v) is 21.3. The number of hydrogen-bond acceptors (Lipinski definition) is 11. The van der Waals surface area contributed by atoms with E-state index in [1.54, 1.807) is 34.6 Å². The van der Waals surface area contributed by atoms with E-state index in [4.69, 9.17) is 9.15 Å². The number of oxazole rings is 1. The molecule has 3 aliphatic rings. The van der Waals surface area contributed by atoms with E-state index in [-0.39, 0.29) is 41.3 Å². The highest BCUT2D eigenvalue weighted by atomic mass is 19.3. The second-order valence-electron chi connectivity index (χ2n) is 16.3. The number of nitrogens with one attached hydrogen (secondary N) is 3. The van der Waals surface area contributed by atoms with Crippen LogP contribution in [-0.4, -0.2) is 90.9 Å². The van der Waals surface area contributed by atoms with Gasteiger partial charge in [0.15, 0.2) is 11.4 Å². The standard InChI is InChI=1S/C43H52F2N10O6/c1-52-38-28(7-5-9-33(38)55(43(52)59)34-12-13-36(56)50-41(34)58)8-6-22-60-21-4-2-3-18-53-19-15-30(16-20-53)54-25-31(37(51-54)39(44)45)48-40(57)32-26-61-42(49-32)29-14-17-46-35(23-29)47-24-27-10-11-27/h5,7,9,14,17,23,25-27,30,34,39H,2-4,6,8,10-13,15-16,18-22,24H2,1H3,(H,46,47)(H,48,57)(H,50,56,58). The van der Waals surface area contributed by atoms with Gasteiger partial charge < -0.3 is 24.7 Å². The van der Waals surface area contributed by atoms with Gasteiger partial charge in [0.05, 0.1) is 22.8 Å². The molecular formula is C43H52F2N10O6. The first-order valence-electron chi connectivity index (χ1n) is 21.3. The van der Waals surface area contributed by atoms with Crippen molar-refractivity contribution in [1.29, 1.82) is 0 Å². The van der Waals surface area contributed by atoms with Crippen LogP contribution in [-0.2, 0) is 27.8 Å². The molecule has 324 valence electrons. The number of para-hydroxylation sites is 1. The molecule has 3 fully saturated rings. The summed E-state index contributed by atoms with van der Waals surface area (Å²) in [6.07, 6.45) is 10.4. The van der Waals surface area contributed by atoms with Crippen LogP contribution in [0.4, 0.5) is 20.3 Å².